The van der Waals surface area contributed by atoms with E-state index in [4.69, 9.17) is 9.84 Å². The third-order valence-corrected chi connectivity index (χ3v) is 1.92. The van der Waals surface area contributed by atoms with Gasteiger partial charge < -0.3 is 9.84 Å². The lowest BCUT2D eigenvalue weighted by atomic mass is 10.2. The van der Waals surface area contributed by atoms with Crippen LogP contribution in [0, 0.1) is 0 Å². The number of benzene rings is 1. The van der Waals surface area contributed by atoms with Gasteiger partial charge in [-0.15, -0.1) is 0 Å². The highest BCUT2D eigenvalue weighted by atomic mass is 16.5. The van der Waals surface area contributed by atoms with Crippen LogP contribution in [0.1, 0.15) is 25.8 Å². The first-order valence-corrected chi connectivity index (χ1v) is 5.31. The van der Waals surface area contributed by atoms with Crippen LogP contribution in [0.3, 0.4) is 0 Å². The molecule has 0 heterocycles. The molecule has 0 aliphatic rings. The molecular weight excluding hydrogens is 188 g/mol. The van der Waals surface area contributed by atoms with Gasteiger partial charge in [-0.1, -0.05) is 31.2 Å². The molecule has 15 heavy (non-hydrogen) atoms. The van der Waals surface area contributed by atoms with Crippen molar-refractivity contribution in [2.75, 3.05) is 6.61 Å². The molecule has 0 bridgehead atoms. The zero-order valence-electron chi connectivity index (χ0n) is 9.31. The van der Waals surface area contributed by atoms with Crippen LogP contribution in [0.5, 0.6) is 5.75 Å². The average molecular weight is 206 g/mol. The van der Waals surface area contributed by atoms with Crippen molar-refractivity contribution in [3.05, 3.63) is 35.9 Å². The van der Waals surface area contributed by atoms with Gasteiger partial charge in [-0.2, -0.15) is 0 Å². The summed E-state index contributed by atoms with van der Waals surface area (Å²) in [4.78, 5) is 0. The molecule has 0 amide bonds. The van der Waals surface area contributed by atoms with Crippen LogP contribution in [-0.2, 0) is 0 Å². The molecule has 0 radical (unpaired) electrons. The van der Waals surface area contributed by atoms with Gasteiger partial charge in [0.1, 0.15) is 5.75 Å². The van der Waals surface area contributed by atoms with Crippen LogP contribution in [0.2, 0.25) is 0 Å². The molecule has 0 aliphatic heterocycles. The fourth-order valence-electron chi connectivity index (χ4n) is 1.15. The van der Waals surface area contributed by atoms with Gasteiger partial charge in [-0.05, 0) is 31.0 Å². The van der Waals surface area contributed by atoms with Crippen LogP contribution in [0.25, 0.3) is 6.08 Å². The van der Waals surface area contributed by atoms with E-state index in [-0.39, 0.29) is 0 Å². The zero-order valence-corrected chi connectivity index (χ0v) is 9.31. The quantitative estimate of drug-likeness (QED) is 0.802. The van der Waals surface area contributed by atoms with E-state index in [1.165, 1.54) is 0 Å². The maximum atomic E-state index is 9.07. The lowest BCUT2D eigenvalue weighted by Gasteiger charge is -2.04. The third-order valence-electron chi connectivity index (χ3n) is 1.92. The van der Waals surface area contributed by atoms with E-state index >= 15 is 0 Å². The van der Waals surface area contributed by atoms with E-state index < -0.39 is 6.10 Å². The van der Waals surface area contributed by atoms with Gasteiger partial charge in [0.15, 0.2) is 0 Å². The Kier molecular flexibility index (Phi) is 4.91. The molecule has 0 saturated carbocycles. The van der Waals surface area contributed by atoms with Crippen molar-refractivity contribution < 1.29 is 9.84 Å². The van der Waals surface area contributed by atoms with Gasteiger partial charge in [-0.25, -0.2) is 0 Å². The first-order valence-electron chi connectivity index (χ1n) is 5.31. The highest BCUT2D eigenvalue weighted by molar-refractivity contribution is 5.50. The van der Waals surface area contributed by atoms with Gasteiger partial charge in [-0.3, -0.25) is 0 Å². The second kappa shape index (κ2) is 6.25. The Bertz CT molecular complexity index is 299. The summed E-state index contributed by atoms with van der Waals surface area (Å²) in [5.74, 6) is 0.894. The first kappa shape index (κ1) is 11.8. The zero-order chi connectivity index (χ0) is 11.1. The molecule has 1 aromatic carbocycles. The van der Waals surface area contributed by atoms with Gasteiger partial charge >= 0.3 is 0 Å². The standard InChI is InChI=1S/C13H18O2/c1-3-10-15-13-8-6-12(7-9-13)5-4-11(2)14/h4-9,11,14H,3,10H2,1-2H3/b5-4+. The van der Waals surface area contributed by atoms with E-state index in [0.717, 1.165) is 24.3 Å². The van der Waals surface area contributed by atoms with Gasteiger partial charge in [0, 0.05) is 0 Å². The Morgan fingerprint density at radius 2 is 2.00 bits per heavy atom. The van der Waals surface area contributed by atoms with Crippen molar-refractivity contribution >= 4 is 6.08 Å². The van der Waals surface area contributed by atoms with Crippen molar-refractivity contribution in [3.8, 4) is 5.75 Å². The molecule has 0 aliphatic carbocycles. The van der Waals surface area contributed by atoms with Crippen LogP contribution < -0.4 is 4.74 Å². The second-order valence-corrected chi connectivity index (χ2v) is 3.52. The highest BCUT2D eigenvalue weighted by Gasteiger charge is 1.92. The topological polar surface area (TPSA) is 29.5 Å². The second-order valence-electron chi connectivity index (χ2n) is 3.52. The Morgan fingerprint density at radius 1 is 1.33 bits per heavy atom. The van der Waals surface area contributed by atoms with Crippen LogP contribution in [-0.4, -0.2) is 17.8 Å². The number of aliphatic hydroxyl groups excluding tert-OH is 1. The van der Waals surface area contributed by atoms with Crippen molar-refractivity contribution in [2.45, 2.75) is 26.4 Å². The van der Waals surface area contributed by atoms with Crippen LogP contribution in [0.4, 0.5) is 0 Å². The number of ether oxygens (including phenoxy) is 1. The number of hydrogen-bond donors (Lipinski definition) is 1. The monoisotopic (exact) mass is 206 g/mol. The first-order chi connectivity index (χ1) is 7.22. The highest BCUT2D eigenvalue weighted by Crippen LogP contribution is 2.13. The fraction of sp³-hybridized carbons (Fsp3) is 0.385. The molecule has 0 fully saturated rings. The summed E-state index contributed by atoms with van der Waals surface area (Å²) in [6, 6.07) is 7.84. The number of rotatable bonds is 5. The molecule has 1 unspecified atom stereocenters. The minimum atomic E-state index is -0.402. The average Bonchev–Trinajstić information content (AvgIpc) is 2.25. The molecule has 82 valence electrons. The Balaban J connectivity index is 2.56. The van der Waals surface area contributed by atoms with Crippen molar-refractivity contribution in [1.29, 1.82) is 0 Å². The van der Waals surface area contributed by atoms with Crippen LogP contribution in [0.15, 0.2) is 30.3 Å². The lowest BCUT2D eigenvalue weighted by molar-refractivity contribution is 0.245. The van der Waals surface area contributed by atoms with Crippen molar-refractivity contribution in [3.63, 3.8) is 0 Å². The van der Waals surface area contributed by atoms with E-state index in [1.54, 1.807) is 13.0 Å². The largest absolute Gasteiger partial charge is 0.494 e. The summed E-state index contributed by atoms with van der Waals surface area (Å²) in [7, 11) is 0. The van der Waals surface area contributed by atoms with Gasteiger partial charge in [0.25, 0.3) is 0 Å². The lowest BCUT2D eigenvalue weighted by Crippen LogP contribution is -1.94. The molecule has 1 aromatic rings. The molecule has 0 saturated heterocycles. The maximum Gasteiger partial charge on any atom is 0.119 e. The molecular formula is C13H18O2. The Labute approximate surface area is 91.2 Å². The summed E-state index contributed by atoms with van der Waals surface area (Å²) < 4.78 is 5.46. The smallest absolute Gasteiger partial charge is 0.119 e. The van der Waals surface area contributed by atoms with Gasteiger partial charge in [0.2, 0.25) is 0 Å². The Hall–Kier alpha value is -1.28. The summed E-state index contributed by atoms with van der Waals surface area (Å²) in [5, 5.41) is 9.07. The van der Waals surface area contributed by atoms with E-state index in [1.807, 2.05) is 30.3 Å². The van der Waals surface area contributed by atoms with Crippen LogP contribution >= 0.6 is 0 Å². The van der Waals surface area contributed by atoms with E-state index in [0.29, 0.717) is 0 Å². The summed E-state index contributed by atoms with van der Waals surface area (Å²) in [6.07, 6.45) is 4.26. The number of hydrogen-bond acceptors (Lipinski definition) is 2. The SMILES string of the molecule is CCCOc1ccc(/C=C/C(C)O)cc1. The Morgan fingerprint density at radius 3 is 2.53 bits per heavy atom. The summed E-state index contributed by atoms with van der Waals surface area (Å²) in [5.41, 5.74) is 1.07. The fourth-order valence-corrected chi connectivity index (χ4v) is 1.15. The minimum Gasteiger partial charge on any atom is -0.494 e. The van der Waals surface area contributed by atoms with E-state index in [9.17, 15) is 0 Å². The predicted molar refractivity (Wildman–Crippen MR) is 62.9 cm³/mol. The third kappa shape index (κ3) is 4.66. The maximum absolute atomic E-state index is 9.07. The van der Waals surface area contributed by atoms with Crippen molar-refractivity contribution in [2.24, 2.45) is 0 Å². The molecule has 2 nitrogen and oxygen atoms in total. The predicted octanol–water partition coefficient (Wildman–Crippen LogP) is 2.87. The molecule has 0 aromatic heterocycles. The number of aliphatic hydroxyl groups is 1. The van der Waals surface area contributed by atoms with Gasteiger partial charge in [0.05, 0.1) is 12.7 Å². The summed E-state index contributed by atoms with van der Waals surface area (Å²) in [6.45, 7) is 4.57. The minimum absolute atomic E-state index is 0.402. The summed E-state index contributed by atoms with van der Waals surface area (Å²) >= 11 is 0. The molecule has 2 heteroatoms. The molecule has 1 N–H and O–H groups in total. The molecule has 1 atom stereocenters. The normalized spacial score (nSPS) is 13.0. The molecule has 0 spiro atoms. The molecule has 1 rings (SSSR count). The van der Waals surface area contributed by atoms with E-state index in [2.05, 4.69) is 6.92 Å². The van der Waals surface area contributed by atoms with Crippen molar-refractivity contribution in [1.82, 2.24) is 0 Å².